The molecule has 0 unspecified atom stereocenters. The summed E-state index contributed by atoms with van der Waals surface area (Å²) in [7, 11) is 0. The average Bonchev–Trinajstić information content (AvgIpc) is 2.71. The van der Waals surface area contributed by atoms with Crippen LogP contribution in [0.3, 0.4) is 0 Å². The number of amides is 1. The molecule has 1 aromatic rings. The maximum absolute atomic E-state index is 11.7. The minimum absolute atomic E-state index is 0.0221. The number of carbonyl (C=O) groups is 1. The molecular weight excluding hydrogens is 232 g/mol. The molecule has 1 rings (SSSR count). The molecule has 0 aliphatic carbocycles. The highest BCUT2D eigenvalue weighted by atomic mass is 19.3. The van der Waals surface area contributed by atoms with Gasteiger partial charge in [-0.25, -0.2) is 8.78 Å². The van der Waals surface area contributed by atoms with Crippen molar-refractivity contribution in [3.05, 3.63) is 11.8 Å². The summed E-state index contributed by atoms with van der Waals surface area (Å²) < 4.78 is 28.1. The van der Waals surface area contributed by atoms with E-state index in [-0.39, 0.29) is 18.9 Å². The smallest absolute Gasteiger partial charge is 0.261 e. The van der Waals surface area contributed by atoms with E-state index in [4.69, 9.17) is 0 Å². The third-order valence-corrected chi connectivity index (χ3v) is 2.08. The van der Waals surface area contributed by atoms with Crippen LogP contribution in [-0.4, -0.2) is 35.7 Å². The second-order valence-corrected chi connectivity index (χ2v) is 3.39. The van der Waals surface area contributed by atoms with Gasteiger partial charge in [0.15, 0.2) is 0 Å². The number of ether oxygens (including phenoxy) is 1. The van der Waals surface area contributed by atoms with Gasteiger partial charge in [0, 0.05) is 5.56 Å². The Morgan fingerprint density at radius 2 is 2.41 bits per heavy atom. The molecular formula is C10H15F2N3O2. The SMILES string of the molecule is CCc1cn[nH]c1NC(=O)CCOCC(F)F. The lowest BCUT2D eigenvalue weighted by molar-refractivity contribution is -0.117. The lowest BCUT2D eigenvalue weighted by Crippen LogP contribution is -2.16. The summed E-state index contributed by atoms with van der Waals surface area (Å²) in [5.41, 5.74) is 0.895. The first-order valence-corrected chi connectivity index (χ1v) is 5.31. The zero-order valence-corrected chi connectivity index (χ0v) is 9.50. The summed E-state index contributed by atoms with van der Waals surface area (Å²) in [5.74, 6) is 0.254. The Kier molecular flexibility index (Phi) is 5.55. The molecule has 0 fully saturated rings. The highest BCUT2D eigenvalue weighted by Gasteiger charge is 2.08. The minimum Gasteiger partial charge on any atom is -0.375 e. The largest absolute Gasteiger partial charge is 0.375 e. The Bertz CT molecular complexity index is 355. The molecule has 0 bridgehead atoms. The Balaban J connectivity index is 2.25. The van der Waals surface area contributed by atoms with E-state index in [0.29, 0.717) is 5.82 Å². The second kappa shape index (κ2) is 6.95. The zero-order valence-electron chi connectivity index (χ0n) is 9.50. The van der Waals surface area contributed by atoms with Gasteiger partial charge in [0.1, 0.15) is 12.4 Å². The van der Waals surface area contributed by atoms with E-state index in [2.05, 4.69) is 20.3 Å². The van der Waals surface area contributed by atoms with Crippen molar-refractivity contribution in [1.29, 1.82) is 0 Å². The van der Waals surface area contributed by atoms with Crippen molar-refractivity contribution in [3.8, 4) is 0 Å². The summed E-state index contributed by atoms with van der Waals surface area (Å²) in [6.07, 6.45) is -0.0939. The minimum atomic E-state index is -2.50. The number of rotatable bonds is 7. The van der Waals surface area contributed by atoms with Gasteiger partial charge in [-0.2, -0.15) is 5.10 Å². The van der Waals surface area contributed by atoms with Crippen LogP contribution in [0.15, 0.2) is 6.20 Å². The van der Waals surface area contributed by atoms with Gasteiger partial charge in [-0.3, -0.25) is 9.89 Å². The predicted octanol–water partition coefficient (Wildman–Crippen LogP) is 1.58. The van der Waals surface area contributed by atoms with Gasteiger partial charge in [0.05, 0.1) is 19.2 Å². The van der Waals surface area contributed by atoms with Gasteiger partial charge < -0.3 is 10.1 Å². The van der Waals surface area contributed by atoms with E-state index in [1.165, 1.54) is 0 Å². The fourth-order valence-corrected chi connectivity index (χ4v) is 1.23. The van der Waals surface area contributed by atoms with Crippen LogP contribution >= 0.6 is 0 Å². The first kappa shape index (κ1) is 13.6. The fraction of sp³-hybridized carbons (Fsp3) is 0.600. The van der Waals surface area contributed by atoms with Gasteiger partial charge in [0.2, 0.25) is 5.91 Å². The summed E-state index contributed by atoms with van der Waals surface area (Å²) in [6, 6.07) is 0. The van der Waals surface area contributed by atoms with Crippen LogP contribution in [0.2, 0.25) is 0 Å². The summed E-state index contributed by atoms with van der Waals surface area (Å²) in [6.45, 7) is 1.27. The van der Waals surface area contributed by atoms with Crippen molar-refractivity contribution < 1.29 is 18.3 Å². The summed E-state index contributed by atoms with van der Waals surface area (Å²) >= 11 is 0. The van der Waals surface area contributed by atoms with Crippen LogP contribution in [0.25, 0.3) is 0 Å². The van der Waals surface area contributed by atoms with E-state index in [1.54, 1.807) is 6.20 Å². The first-order valence-electron chi connectivity index (χ1n) is 5.31. The molecule has 17 heavy (non-hydrogen) atoms. The molecule has 0 spiro atoms. The van der Waals surface area contributed by atoms with Crippen molar-refractivity contribution in [2.45, 2.75) is 26.2 Å². The highest BCUT2D eigenvalue weighted by molar-refractivity contribution is 5.90. The second-order valence-electron chi connectivity index (χ2n) is 3.39. The lowest BCUT2D eigenvalue weighted by Gasteiger charge is -2.05. The predicted molar refractivity (Wildman–Crippen MR) is 58.0 cm³/mol. The number of nitrogens with zero attached hydrogens (tertiary/aromatic N) is 1. The molecule has 2 N–H and O–H groups in total. The van der Waals surface area contributed by atoms with Gasteiger partial charge in [-0.15, -0.1) is 0 Å². The van der Waals surface area contributed by atoms with E-state index >= 15 is 0 Å². The van der Waals surface area contributed by atoms with Crippen LogP contribution in [0.1, 0.15) is 18.9 Å². The third-order valence-electron chi connectivity index (χ3n) is 2.08. The maximum atomic E-state index is 11.7. The third kappa shape index (κ3) is 4.90. The van der Waals surface area contributed by atoms with E-state index in [1.807, 2.05) is 6.92 Å². The Morgan fingerprint density at radius 3 is 3.06 bits per heavy atom. The molecule has 0 aliphatic rings. The molecule has 0 aromatic carbocycles. The zero-order chi connectivity index (χ0) is 12.7. The molecule has 0 saturated carbocycles. The number of hydrogen-bond donors (Lipinski definition) is 2. The Labute approximate surface area is 97.5 Å². The van der Waals surface area contributed by atoms with Gasteiger partial charge in [0.25, 0.3) is 6.43 Å². The van der Waals surface area contributed by atoms with Crippen LogP contribution < -0.4 is 5.32 Å². The molecule has 1 heterocycles. The molecule has 1 amide bonds. The van der Waals surface area contributed by atoms with Gasteiger partial charge >= 0.3 is 0 Å². The van der Waals surface area contributed by atoms with Crippen molar-refractivity contribution in [2.75, 3.05) is 18.5 Å². The Morgan fingerprint density at radius 1 is 1.65 bits per heavy atom. The quantitative estimate of drug-likeness (QED) is 0.719. The molecule has 5 nitrogen and oxygen atoms in total. The number of aryl methyl sites for hydroxylation is 1. The first-order chi connectivity index (χ1) is 8.13. The monoisotopic (exact) mass is 247 g/mol. The number of halogens is 2. The number of alkyl halides is 2. The average molecular weight is 247 g/mol. The number of H-pyrrole nitrogens is 1. The number of aromatic nitrogens is 2. The molecule has 7 heteroatoms. The maximum Gasteiger partial charge on any atom is 0.261 e. The van der Waals surface area contributed by atoms with E-state index < -0.39 is 13.0 Å². The van der Waals surface area contributed by atoms with E-state index in [0.717, 1.165) is 12.0 Å². The Hall–Kier alpha value is -1.50. The molecule has 0 atom stereocenters. The lowest BCUT2D eigenvalue weighted by atomic mass is 10.2. The van der Waals surface area contributed by atoms with Crippen molar-refractivity contribution in [3.63, 3.8) is 0 Å². The number of carbonyl (C=O) groups excluding carboxylic acids is 1. The summed E-state index contributed by atoms with van der Waals surface area (Å²) in [4.78, 5) is 11.4. The highest BCUT2D eigenvalue weighted by Crippen LogP contribution is 2.11. The number of anilines is 1. The fourth-order valence-electron chi connectivity index (χ4n) is 1.23. The molecule has 1 aromatic heterocycles. The number of hydrogen-bond acceptors (Lipinski definition) is 3. The standard InChI is InChI=1S/C10H15F2N3O2/c1-2-7-5-13-15-10(7)14-9(16)3-4-17-6-8(11)12/h5,8H,2-4,6H2,1H3,(H2,13,14,15,16). The number of aromatic amines is 1. The van der Waals surface area contributed by atoms with Crippen LogP contribution in [0, 0.1) is 0 Å². The van der Waals surface area contributed by atoms with Gasteiger partial charge in [-0.05, 0) is 6.42 Å². The van der Waals surface area contributed by atoms with Crippen molar-refractivity contribution >= 4 is 11.7 Å². The molecule has 0 saturated heterocycles. The number of nitrogens with one attached hydrogen (secondary N) is 2. The van der Waals surface area contributed by atoms with Crippen molar-refractivity contribution in [2.24, 2.45) is 0 Å². The van der Waals surface area contributed by atoms with Crippen LogP contribution in [0.4, 0.5) is 14.6 Å². The van der Waals surface area contributed by atoms with E-state index in [9.17, 15) is 13.6 Å². The topological polar surface area (TPSA) is 67.0 Å². The summed E-state index contributed by atoms with van der Waals surface area (Å²) in [5, 5.41) is 9.05. The van der Waals surface area contributed by atoms with Crippen LogP contribution in [-0.2, 0) is 16.0 Å². The van der Waals surface area contributed by atoms with Crippen LogP contribution in [0.5, 0.6) is 0 Å². The normalized spacial score (nSPS) is 10.8. The van der Waals surface area contributed by atoms with Crippen molar-refractivity contribution in [1.82, 2.24) is 10.2 Å². The molecule has 0 aliphatic heterocycles. The molecule has 0 radical (unpaired) electrons. The molecule has 96 valence electrons. The van der Waals surface area contributed by atoms with Gasteiger partial charge in [-0.1, -0.05) is 6.92 Å².